The number of rotatable bonds is 12. The molecule has 2 rings (SSSR count). The van der Waals surface area contributed by atoms with Crippen LogP contribution in [0.4, 0.5) is 0 Å². The summed E-state index contributed by atoms with van der Waals surface area (Å²) in [6, 6.07) is 2.26. The van der Waals surface area contributed by atoms with Crippen LogP contribution in [-0.4, -0.2) is 59.3 Å². The summed E-state index contributed by atoms with van der Waals surface area (Å²) in [5.41, 5.74) is 11.7. The zero-order chi connectivity index (χ0) is 29.0. The maximum atomic E-state index is 13.0. The van der Waals surface area contributed by atoms with Crippen molar-refractivity contribution in [3.05, 3.63) is 23.8 Å². The third kappa shape index (κ3) is 8.18. The third-order valence-electron chi connectivity index (χ3n) is 7.10. The Morgan fingerprint density at radius 2 is 1.42 bits per heavy atom. The van der Waals surface area contributed by atoms with Crippen LogP contribution < -0.4 is 27.6 Å². The Balaban J connectivity index is 2.12. The van der Waals surface area contributed by atoms with Crippen LogP contribution in [-0.2, 0) is 30.1 Å². The van der Waals surface area contributed by atoms with Crippen molar-refractivity contribution >= 4 is 30.3 Å². The summed E-state index contributed by atoms with van der Waals surface area (Å²) in [5, 5.41) is 15.9. The largest absolute Gasteiger partial charge is 0.508 e. The molecule has 1 aromatic rings. The van der Waals surface area contributed by atoms with E-state index in [2.05, 4.69) is 10.6 Å². The number of phenolic OH excluding ortho intramolecular Hbond substituents is 1. The first-order valence-electron chi connectivity index (χ1n) is 13.3. The molecular weight excluding hydrogens is 487 g/mol. The molecule has 3 amide bonds. The summed E-state index contributed by atoms with van der Waals surface area (Å²) in [6.07, 6.45) is 0.920. The van der Waals surface area contributed by atoms with E-state index in [4.69, 9.17) is 20.8 Å². The second-order valence-corrected chi connectivity index (χ2v) is 12.1. The highest BCUT2D eigenvalue weighted by Gasteiger charge is 2.52. The fraction of sp³-hybridized carbons (Fsp3) is 0.667. The van der Waals surface area contributed by atoms with E-state index in [0.717, 1.165) is 0 Å². The van der Waals surface area contributed by atoms with Crippen molar-refractivity contribution < 1.29 is 28.8 Å². The van der Waals surface area contributed by atoms with Gasteiger partial charge < -0.3 is 36.5 Å². The summed E-state index contributed by atoms with van der Waals surface area (Å²) in [4.78, 5) is 37.8. The Bertz CT molecular complexity index is 997. The first-order chi connectivity index (χ1) is 17.4. The number of aromatic hydroxyl groups is 1. The van der Waals surface area contributed by atoms with E-state index in [-0.39, 0.29) is 24.0 Å². The highest BCUT2D eigenvalue weighted by Crippen LogP contribution is 2.37. The van der Waals surface area contributed by atoms with Gasteiger partial charge in [-0.1, -0.05) is 39.8 Å². The summed E-state index contributed by atoms with van der Waals surface area (Å²) in [7, 11) is -0.770. The molecule has 0 saturated carbocycles. The van der Waals surface area contributed by atoms with Crippen molar-refractivity contribution in [2.24, 2.45) is 23.3 Å². The summed E-state index contributed by atoms with van der Waals surface area (Å²) in [6.45, 7) is 15.4. The molecular formula is C27H45BN4O6. The molecule has 11 heteroatoms. The van der Waals surface area contributed by atoms with Gasteiger partial charge in [0.2, 0.25) is 17.7 Å². The molecule has 0 bridgehead atoms. The second-order valence-electron chi connectivity index (χ2n) is 12.1. The minimum absolute atomic E-state index is 0.0179. The Kier molecular flexibility index (Phi) is 10.4. The molecule has 0 radical (unpaired) electrons. The minimum Gasteiger partial charge on any atom is -0.508 e. The number of primary amides is 1. The van der Waals surface area contributed by atoms with Crippen molar-refractivity contribution in [3.63, 3.8) is 0 Å². The maximum Gasteiger partial charge on any atom is 0.498 e. The van der Waals surface area contributed by atoms with E-state index in [1.165, 1.54) is 6.07 Å². The molecule has 1 saturated heterocycles. The van der Waals surface area contributed by atoms with Gasteiger partial charge >= 0.3 is 7.12 Å². The Hall–Kier alpha value is -2.63. The Labute approximate surface area is 226 Å². The average molecular weight is 532 g/mol. The predicted octanol–water partition coefficient (Wildman–Crippen LogP) is 1.11. The van der Waals surface area contributed by atoms with Crippen molar-refractivity contribution in [1.29, 1.82) is 0 Å². The monoisotopic (exact) mass is 532 g/mol. The number of hydrogen-bond donors (Lipinski definition) is 5. The molecule has 7 N–H and O–H groups in total. The van der Waals surface area contributed by atoms with E-state index in [9.17, 15) is 19.5 Å². The van der Waals surface area contributed by atoms with Gasteiger partial charge in [0.15, 0.2) is 0 Å². The number of carbonyl (C=O) groups excluding carboxylic acids is 3. The van der Waals surface area contributed by atoms with Crippen LogP contribution in [0.15, 0.2) is 18.2 Å². The SMILES string of the molecule is CC(C)C[C@H](NC(=O)[C@H](CC(C)C)NC(=O)[C@@H](N)Cc1ccc(O)c(B2OC(C)(C)C(C)(C)O2)c1)C(N)=O. The first kappa shape index (κ1) is 31.6. The highest BCUT2D eigenvalue weighted by atomic mass is 16.7. The van der Waals surface area contributed by atoms with Crippen LogP contribution >= 0.6 is 0 Å². The van der Waals surface area contributed by atoms with Gasteiger partial charge in [0.05, 0.1) is 17.2 Å². The molecule has 1 aliphatic heterocycles. The number of nitrogens with two attached hydrogens (primary N) is 2. The number of benzene rings is 1. The fourth-order valence-electron chi connectivity index (χ4n) is 4.21. The fourth-order valence-corrected chi connectivity index (χ4v) is 4.21. The van der Waals surface area contributed by atoms with Crippen LogP contribution in [0.5, 0.6) is 5.75 Å². The van der Waals surface area contributed by atoms with E-state index in [1.807, 2.05) is 55.4 Å². The predicted molar refractivity (Wildman–Crippen MR) is 147 cm³/mol. The summed E-state index contributed by atoms with van der Waals surface area (Å²) in [5.74, 6) is -1.34. The highest BCUT2D eigenvalue weighted by molar-refractivity contribution is 6.63. The van der Waals surface area contributed by atoms with Gasteiger partial charge in [0.1, 0.15) is 17.8 Å². The summed E-state index contributed by atoms with van der Waals surface area (Å²) >= 11 is 0. The lowest BCUT2D eigenvalue weighted by molar-refractivity contribution is -0.132. The number of carbonyl (C=O) groups is 3. The summed E-state index contributed by atoms with van der Waals surface area (Å²) < 4.78 is 12.1. The van der Waals surface area contributed by atoms with E-state index in [0.29, 0.717) is 23.9 Å². The van der Waals surface area contributed by atoms with Crippen LogP contribution in [0, 0.1) is 11.8 Å². The van der Waals surface area contributed by atoms with E-state index in [1.54, 1.807) is 12.1 Å². The molecule has 10 nitrogen and oxygen atoms in total. The van der Waals surface area contributed by atoms with Crippen molar-refractivity contribution in [2.45, 2.75) is 104 Å². The molecule has 38 heavy (non-hydrogen) atoms. The molecule has 1 aliphatic rings. The van der Waals surface area contributed by atoms with Crippen LogP contribution in [0.1, 0.15) is 73.8 Å². The number of amides is 3. The number of hydrogen-bond acceptors (Lipinski definition) is 7. The minimum atomic E-state index is -0.962. The normalized spacial score (nSPS) is 18.8. The third-order valence-corrected chi connectivity index (χ3v) is 7.10. The topological polar surface area (TPSA) is 166 Å². The molecule has 0 spiro atoms. The molecule has 1 heterocycles. The number of phenols is 1. The number of nitrogens with one attached hydrogen (secondary N) is 2. The van der Waals surface area contributed by atoms with Gasteiger partial charge in [-0.3, -0.25) is 14.4 Å². The zero-order valence-corrected chi connectivity index (χ0v) is 24.0. The Morgan fingerprint density at radius 1 is 0.921 bits per heavy atom. The van der Waals surface area contributed by atoms with Gasteiger partial charge in [0.25, 0.3) is 0 Å². The van der Waals surface area contributed by atoms with Crippen molar-refractivity contribution in [2.75, 3.05) is 0 Å². The average Bonchev–Trinajstić information content (AvgIpc) is 2.99. The van der Waals surface area contributed by atoms with E-state index < -0.39 is 54.2 Å². The molecule has 3 atom stereocenters. The molecule has 0 unspecified atom stereocenters. The van der Waals surface area contributed by atoms with Crippen molar-refractivity contribution in [1.82, 2.24) is 10.6 Å². The van der Waals surface area contributed by atoms with Gasteiger partial charge in [-0.05, 0) is 70.4 Å². The standard InChI is InChI=1S/C27H45BN4O6/c1-15(2)11-20(23(30)34)31-25(36)21(12-16(3)4)32-24(35)19(29)14-17-9-10-22(33)18(13-17)28-37-26(5,6)27(7,8)38-28/h9-10,13,15-16,19-21,33H,11-12,14,29H2,1-8H3,(H2,30,34)(H,31,36)(H,32,35)/t19-,20-,21-/m0/s1. The van der Waals surface area contributed by atoms with Crippen LogP contribution in [0.25, 0.3) is 0 Å². The lowest BCUT2D eigenvalue weighted by Gasteiger charge is -2.32. The molecule has 1 aromatic carbocycles. The van der Waals surface area contributed by atoms with Gasteiger partial charge in [0, 0.05) is 5.46 Å². The second kappa shape index (κ2) is 12.5. The maximum absolute atomic E-state index is 13.0. The quantitative estimate of drug-likeness (QED) is 0.252. The van der Waals surface area contributed by atoms with E-state index >= 15 is 0 Å². The zero-order valence-electron chi connectivity index (χ0n) is 24.0. The first-order valence-corrected chi connectivity index (χ1v) is 13.3. The lowest BCUT2D eigenvalue weighted by Crippen LogP contribution is -2.56. The molecule has 212 valence electrons. The molecule has 1 fully saturated rings. The van der Waals surface area contributed by atoms with Crippen molar-refractivity contribution in [3.8, 4) is 5.75 Å². The molecule has 0 aliphatic carbocycles. The van der Waals surface area contributed by atoms with Gasteiger partial charge in [-0.15, -0.1) is 0 Å². The van der Waals surface area contributed by atoms with Crippen LogP contribution in [0.3, 0.4) is 0 Å². The van der Waals surface area contributed by atoms with Crippen LogP contribution in [0.2, 0.25) is 0 Å². The molecule has 0 aromatic heterocycles. The van der Waals surface area contributed by atoms with Gasteiger partial charge in [-0.25, -0.2) is 0 Å². The van der Waals surface area contributed by atoms with Gasteiger partial charge in [-0.2, -0.15) is 0 Å². The Morgan fingerprint density at radius 3 is 1.92 bits per heavy atom. The lowest BCUT2D eigenvalue weighted by atomic mass is 9.77. The smallest absolute Gasteiger partial charge is 0.498 e.